The van der Waals surface area contributed by atoms with Crippen LogP contribution in [-0.4, -0.2) is 16.7 Å². The number of anilines is 1. The Morgan fingerprint density at radius 1 is 1.12 bits per heavy atom. The lowest BCUT2D eigenvalue weighted by molar-refractivity contribution is -0.156. The van der Waals surface area contributed by atoms with Crippen molar-refractivity contribution < 1.29 is 14.6 Å². The molecule has 0 aliphatic carbocycles. The van der Waals surface area contributed by atoms with E-state index >= 15 is 0 Å². The van der Waals surface area contributed by atoms with E-state index in [0.29, 0.717) is 27.4 Å². The number of carbonyl (C=O) groups is 1. The first-order valence-electron chi connectivity index (χ1n) is 7.90. The number of benzene rings is 2. The van der Waals surface area contributed by atoms with E-state index in [1.807, 2.05) is 0 Å². The normalized spacial score (nSPS) is 14.0. The highest BCUT2D eigenvalue weighted by molar-refractivity contribution is 6.30. The third kappa shape index (κ3) is 4.72. The number of nitrogen functional groups attached to an aromatic ring is 1. The van der Waals surface area contributed by atoms with Crippen molar-refractivity contribution in [1.29, 1.82) is 0 Å². The number of ether oxygens (including phenoxy) is 1. The monoisotopic (exact) mass is 362 g/mol. The standard InChI is InChI=1S/C19H23ClN2O3/c1-19(2,3)25-18(24)16(22)12-6-4-5-7-13(12)17(23)14-9-8-11(20)10-15(14)21/h4-10,16-17,23H,21-22H2,1-3H3. The summed E-state index contributed by atoms with van der Waals surface area (Å²) in [4.78, 5) is 12.3. The van der Waals surface area contributed by atoms with E-state index in [2.05, 4.69) is 0 Å². The molecule has 2 rings (SSSR count). The van der Waals surface area contributed by atoms with Crippen molar-refractivity contribution in [2.45, 2.75) is 38.5 Å². The number of rotatable bonds is 4. The predicted octanol–water partition coefficient (Wildman–Crippen LogP) is 3.35. The quantitative estimate of drug-likeness (QED) is 0.572. The second-order valence-corrected chi connectivity index (χ2v) is 7.25. The minimum absolute atomic E-state index is 0.362. The smallest absolute Gasteiger partial charge is 0.328 e. The van der Waals surface area contributed by atoms with E-state index in [-0.39, 0.29) is 0 Å². The summed E-state index contributed by atoms with van der Waals surface area (Å²) in [5.41, 5.74) is 13.2. The van der Waals surface area contributed by atoms with Gasteiger partial charge in [-0.1, -0.05) is 41.9 Å². The number of halogens is 1. The Morgan fingerprint density at radius 3 is 2.28 bits per heavy atom. The molecule has 0 heterocycles. The number of aliphatic hydroxyl groups excluding tert-OH is 1. The third-order valence-electron chi connectivity index (χ3n) is 3.63. The maximum atomic E-state index is 12.3. The molecule has 0 amide bonds. The SMILES string of the molecule is CC(C)(C)OC(=O)C(N)c1ccccc1C(O)c1ccc(Cl)cc1N. The number of nitrogens with two attached hydrogens (primary N) is 2. The van der Waals surface area contributed by atoms with Crippen LogP contribution in [0.15, 0.2) is 42.5 Å². The van der Waals surface area contributed by atoms with Gasteiger partial charge in [-0.15, -0.1) is 0 Å². The van der Waals surface area contributed by atoms with Gasteiger partial charge in [0.2, 0.25) is 0 Å². The van der Waals surface area contributed by atoms with Crippen molar-refractivity contribution in [3.05, 3.63) is 64.2 Å². The molecular formula is C19H23ClN2O3. The van der Waals surface area contributed by atoms with Crippen molar-refractivity contribution in [2.75, 3.05) is 5.73 Å². The first-order chi connectivity index (χ1) is 11.6. The van der Waals surface area contributed by atoms with E-state index in [1.54, 1.807) is 63.2 Å². The van der Waals surface area contributed by atoms with E-state index in [4.69, 9.17) is 27.8 Å². The summed E-state index contributed by atoms with van der Waals surface area (Å²) < 4.78 is 5.35. The third-order valence-corrected chi connectivity index (χ3v) is 3.86. The largest absolute Gasteiger partial charge is 0.459 e. The van der Waals surface area contributed by atoms with Crippen LogP contribution >= 0.6 is 11.6 Å². The van der Waals surface area contributed by atoms with Gasteiger partial charge in [0.15, 0.2) is 0 Å². The Hall–Kier alpha value is -2.08. The molecule has 0 saturated carbocycles. The number of hydrogen-bond donors (Lipinski definition) is 3. The molecule has 2 aromatic rings. The number of esters is 1. The summed E-state index contributed by atoms with van der Waals surface area (Å²) in [7, 11) is 0. The molecule has 0 fully saturated rings. The van der Waals surface area contributed by atoms with Crippen LogP contribution in [0.25, 0.3) is 0 Å². The molecule has 25 heavy (non-hydrogen) atoms. The van der Waals surface area contributed by atoms with Crippen molar-refractivity contribution >= 4 is 23.3 Å². The summed E-state index contributed by atoms with van der Waals surface area (Å²) in [6, 6.07) is 10.8. The predicted molar refractivity (Wildman–Crippen MR) is 99.1 cm³/mol. The molecule has 134 valence electrons. The summed E-state index contributed by atoms with van der Waals surface area (Å²) in [5, 5.41) is 11.3. The Morgan fingerprint density at radius 2 is 1.72 bits per heavy atom. The topological polar surface area (TPSA) is 98.6 Å². The summed E-state index contributed by atoms with van der Waals surface area (Å²) in [5.74, 6) is -0.559. The van der Waals surface area contributed by atoms with Gasteiger partial charge >= 0.3 is 5.97 Å². The summed E-state index contributed by atoms with van der Waals surface area (Å²) in [6.45, 7) is 5.31. The molecule has 0 saturated heterocycles. The fourth-order valence-corrected chi connectivity index (χ4v) is 2.68. The average molecular weight is 363 g/mol. The van der Waals surface area contributed by atoms with Gasteiger partial charge in [-0.25, -0.2) is 4.79 Å². The second kappa shape index (κ2) is 7.44. The van der Waals surface area contributed by atoms with Crippen molar-refractivity contribution in [3.63, 3.8) is 0 Å². The lowest BCUT2D eigenvalue weighted by atomic mass is 9.92. The number of carbonyl (C=O) groups excluding carboxylic acids is 1. The van der Waals surface area contributed by atoms with E-state index in [9.17, 15) is 9.90 Å². The molecule has 5 N–H and O–H groups in total. The Bertz CT molecular complexity index is 772. The highest BCUT2D eigenvalue weighted by Crippen LogP contribution is 2.32. The summed E-state index contributed by atoms with van der Waals surface area (Å²) in [6.07, 6.45) is -1.04. The van der Waals surface area contributed by atoms with Crippen molar-refractivity contribution in [3.8, 4) is 0 Å². The molecule has 0 radical (unpaired) electrons. The zero-order chi connectivity index (χ0) is 18.8. The maximum Gasteiger partial charge on any atom is 0.328 e. The molecule has 2 aromatic carbocycles. The van der Waals surface area contributed by atoms with Crippen LogP contribution in [0.2, 0.25) is 5.02 Å². The lowest BCUT2D eigenvalue weighted by Gasteiger charge is -2.24. The van der Waals surface area contributed by atoms with Crippen LogP contribution in [0.4, 0.5) is 5.69 Å². The van der Waals surface area contributed by atoms with E-state index in [0.717, 1.165) is 0 Å². The van der Waals surface area contributed by atoms with Crippen molar-refractivity contribution in [2.24, 2.45) is 5.73 Å². The van der Waals surface area contributed by atoms with Gasteiger partial charge in [-0.2, -0.15) is 0 Å². The first-order valence-corrected chi connectivity index (χ1v) is 8.28. The zero-order valence-corrected chi connectivity index (χ0v) is 15.2. The number of hydrogen-bond acceptors (Lipinski definition) is 5. The highest BCUT2D eigenvalue weighted by Gasteiger charge is 2.27. The fraction of sp³-hybridized carbons (Fsp3) is 0.316. The van der Waals surface area contributed by atoms with E-state index in [1.165, 1.54) is 0 Å². The second-order valence-electron chi connectivity index (χ2n) is 6.82. The molecule has 0 bridgehead atoms. The minimum atomic E-state index is -1.04. The Labute approximate surface area is 152 Å². The zero-order valence-electron chi connectivity index (χ0n) is 14.5. The summed E-state index contributed by atoms with van der Waals surface area (Å²) >= 11 is 5.91. The molecular weight excluding hydrogens is 340 g/mol. The van der Waals surface area contributed by atoms with Crippen LogP contribution in [0.5, 0.6) is 0 Å². The first kappa shape index (κ1) is 19.2. The average Bonchev–Trinajstić information content (AvgIpc) is 2.52. The van der Waals surface area contributed by atoms with Crippen LogP contribution < -0.4 is 11.5 Å². The fourth-order valence-electron chi connectivity index (χ4n) is 2.50. The van der Waals surface area contributed by atoms with Crippen LogP contribution in [0.3, 0.4) is 0 Å². The van der Waals surface area contributed by atoms with Gasteiger partial charge in [0.1, 0.15) is 17.7 Å². The Kier molecular flexibility index (Phi) is 5.72. The molecule has 2 atom stereocenters. The van der Waals surface area contributed by atoms with Crippen LogP contribution in [-0.2, 0) is 9.53 Å². The van der Waals surface area contributed by atoms with Gasteiger partial charge < -0.3 is 21.3 Å². The van der Waals surface area contributed by atoms with Gasteiger partial charge in [0.25, 0.3) is 0 Å². The molecule has 0 spiro atoms. The molecule has 6 heteroatoms. The van der Waals surface area contributed by atoms with Crippen LogP contribution in [0.1, 0.15) is 49.6 Å². The van der Waals surface area contributed by atoms with Crippen molar-refractivity contribution in [1.82, 2.24) is 0 Å². The van der Waals surface area contributed by atoms with E-state index < -0.39 is 23.7 Å². The maximum absolute atomic E-state index is 12.3. The molecule has 0 aliphatic rings. The van der Waals surface area contributed by atoms with Gasteiger partial charge in [-0.3, -0.25) is 0 Å². The van der Waals surface area contributed by atoms with Crippen LogP contribution in [0, 0.1) is 0 Å². The molecule has 0 aliphatic heterocycles. The highest BCUT2D eigenvalue weighted by atomic mass is 35.5. The molecule has 2 unspecified atom stereocenters. The minimum Gasteiger partial charge on any atom is -0.459 e. The lowest BCUT2D eigenvalue weighted by Crippen LogP contribution is -2.32. The molecule has 0 aromatic heterocycles. The van der Waals surface area contributed by atoms with Gasteiger partial charge in [0, 0.05) is 16.3 Å². The van der Waals surface area contributed by atoms with Gasteiger partial charge in [-0.05, 0) is 44.0 Å². The van der Waals surface area contributed by atoms with Gasteiger partial charge in [0.05, 0.1) is 0 Å². The Balaban J connectivity index is 2.38. The number of aliphatic hydroxyl groups is 1. The molecule has 5 nitrogen and oxygen atoms in total.